The van der Waals surface area contributed by atoms with Crippen LogP contribution in [-0.4, -0.2) is 60.1 Å². The molecule has 1 aromatic carbocycles. The van der Waals surface area contributed by atoms with E-state index in [4.69, 9.17) is 9.47 Å². The molecule has 0 bridgehead atoms. The Balaban J connectivity index is 1.43. The van der Waals surface area contributed by atoms with Crippen molar-refractivity contribution in [3.05, 3.63) is 48.4 Å². The van der Waals surface area contributed by atoms with Gasteiger partial charge in [0.1, 0.15) is 18.2 Å². The zero-order valence-electron chi connectivity index (χ0n) is 16.5. The normalized spacial score (nSPS) is 19.6. The van der Waals surface area contributed by atoms with Crippen molar-refractivity contribution in [3.63, 3.8) is 0 Å². The Morgan fingerprint density at radius 3 is 2.82 bits per heavy atom. The highest BCUT2D eigenvalue weighted by Gasteiger charge is 2.33. The van der Waals surface area contributed by atoms with Gasteiger partial charge in [-0.2, -0.15) is 0 Å². The van der Waals surface area contributed by atoms with Crippen molar-refractivity contribution in [2.75, 3.05) is 44.4 Å². The lowest BCUT2D eigenvalue weighted by atomic mass is 9.92. The van der Waals surface area contributed by atoms with Crippen LogP contribution in [-0.2, 0) is 11.3 Å². The zero-order valence-corrected chi connectivity index (χ0v) is 16.5. The number of hydrogen-bond acceptors (Lipinski definition) is 7. The second-order valence-corrected chi connectivity index (χ2v) is 7.11. The minimum absolute atomic E-state index is 0.538. The molecule has 1 saturated heterocycles. The highest BCUT2D eigenvalue weighted by Crippen LogP contribution is 2.24. The number of benzene rings is 1. The van der Waals surface area contributed by atoms with Crippen LogP contribution >= 0.6 is 0 Å². The van der Waals surface area contributed by atoms with Crippen LogP contribution in [0.15, 0.2) is 42.9 Å². The van der Waals surface area contributed by atoms with Gasteiger partial charge in [0.15, 0.2) is 0 Å². The molecule has 0 spiro atoms. The van der Waals surface area contributed by atoms with Crippen molar-refractivity contribution < 1.29 is 14.6 Å². The lowest BCUT2D eigenvalue weighted by Crippen LogP contribution is -2.53. The number of β-amino-alcohol motifs (C(OH)–C–C–N with tert-alkyl or cyclic N) is 1. The monoisotopic (exact) mass is 386 g/mol. The highest BCUT2D eigenvalue weighted by atomic mass is 16.5. The van der Waals surface area contributed by atoms with Crippen molar-refractivity contribution >= 4 is 5.82 Å². The Labute approximate surface area is 166 Å². The highest BCUT2D eigenvalue weighted by molar-refractivity contribution is 5.36. The molecular formula is C21H30N4O3. The Morgan fingerprint density at radius 2 is 2.07 bits per heavy atom. The summed E-state index contributed by atoms with van der Waals surface area (Å²) in [5, 5.41) is 14.4. The number of piperidine rings is 1. The van der Waals surface area contributed by atoms with Crippen LogP contribution in [0, 0.1) is 0 Å². The average molecular weight is 386 g/mol. The maximum Gasteiger partial charge on any atom is 0.147 e. The molecule has 2 heterocycles. The summed E-state index contributed by atoms with van der Waals surface area (Å²) in [6.07, 6.45) is 6.81. The van der Waals surface area contributed by atoms with E-state index in [0.717, 1.165) is 36.5 Å². The molecule has 28 heavy (non-hydrogen) atoms. The van der Waals surface area contributed by atoms with Crippen molar-refractivity contribution in [2.24, 2.45) is 0 Å². The third-order valence-corrected chi connectivity index (χ3v) is 4.84. The smallest absolute Gasteiger partial charge is 0.147 e. The summed E-state index contributed by atoms with van der Waals surface area (Å²) < 4.78 is 10.9. The van der Waals surface area contributed by atoms with Crippen molar-refractivity contribution in [1.29, 1.82) is 0 Å². The second kappa shape index (κ2) is 10.4. The van der Waals surface area contributed by atoms with Crippen LogP contribution in [0.3, 0.4) is 0 Å². The third-order valence-electron chi connectivity index (χ3n) is 4.84. The first-order valence-electron chi connectivity index (χ1n) is 9.92. The molecule has 1 aliphatic rings. The van der Waals surface area contributed by atoms with Crippen LogP contribution in [0.2, 0.25) is 0 Å². The maximum absolute atomic E-state index is 11.0. The minimum Gasteiger partial charge on any atom is -0.491 e. The van der Waals surface area contributed by atoms with Gasteiger partial charge in [0.05, 0.1) is 18.4 Å². The van der Waals surface area contributed by atoms with Crippen molar-refractivity contribution in [3.8, 4) is 5.75 Å². The predicted molar refractivity (Wildman–Crippen MR) is 109 cm³/mol. The van der Waals surface area contributed by atoms with E-state index >= 15 is 0 Å². The van der Waals surface area contributed by atoms with E-state index < -0.39 is 5.60 Å². The molecule has 7 nitrogen and oxygen atoms in total. The van der Waals surface area contributed by atoms with E-state index in [1.54, 1.807) is 18.6 Å². The van der Waals surface area contributed by atoms with Gasteiger partial charge in [0, 0.05) is 45.2 Å². The van der Waals surface area contributed by atoms with Gasteiger partial charge in [-0.25, -0.2) is 4.98 Å². The van der Waals surface area contributed by atoms with Crippen molar-refractivity contribution in [2.45, 2.75) is 31.9 Å². The molecule has 0 aliphatic carbocycles. The fourth-order valence-electron chi connectivity index (χ4n) is 3.41. The Bertz CT molecular complexity index is 699. The summed E-state index contributed by atoms with van der Waals surface area (Å²) in [5.74, 6) is 1.66. The van der Waals surface area contributed by atoms with Gasteiger partial charge in [0.25, 0.3) is 0 Å². The number of aromatic nitrogens is 2. The van der Waals surface area contributed by atoms with Gasteiger partial charge in [-0.05, 0) is 37.5 Å². The lowest BCUT2D eigenvalue weighted by molar-refractivity contribution is 0.0258. The van der Waals surface area contributed by atoms with Crippen LogP contribution < -0.4 is 15.0 Å². The second-order valence-electron chi connectivity index (χ2n) is 7.11. The number of aliphatic hydroxyl groups is 1. The van der Waals surface area contributed by atoms with E-state index in [1.165, 1.54) is 0 Å². The number of ether oxygens (including phenoxy) is 2. The first-order chi connectivity index (χ1) is 13.7. The van der Waals surface area contributed by atoms with Gasteiger partial charge in [-0.15, -0.1) is 0 Å². The van der Waals surface area contributed by atoms with Gasteiger partial charge in [0.2, 0.25) is 0 Å². The minimum atomic E-state index is -0.766. The van der Waals surface area contributed by atoms with Gasteiger partial charge >= 0.3 is 0 Å². The third kappa shape index (κ3) is 6.15. The summed E-state index contributed by atoms with van der Waals surface area (Å²) in [4.78, 5) is 10.6. The number of hydrogen-bond donors (Lipinski definition) is 2. The quantitative estimate of drug-likeness (QED) is 0.605. The first kappa shape index (κ1) is 20.5. The van der Waals surface area contributed by atoms with E-state index in [-0.39, 0.29) is 0 Å². The number of anilines is 1. The molecule has 0 amide bonds. The SMILES string of the molecule is CCOCCOc1ccc(CNC[C@@]2(O)CCCN(c3cnccn3)C2)cc1. The molecule has 1 aromatic heterocycles. The molecule has 152 valence electrons. The summed E-state index contributed by atoms with van der Waals surface area (Å²) in [7, 11) is 0. The number of nitrogens with one attached hydrogen (secondary N) is 1. The van der Waals surface area contributed by atoms with Crippen LogP contribution in [0.25, 0.3) is 0 Å². The Kier molecular flexibility index (Phi) is 7.59. The van der Waals surface area contributed by atoms with Crippen LogP contribution in [0.4, 0.5) is 5.82 Å². The molecule has 1 aliphatic heterocycles. The van der Waals surface area contributed by atoms with E-state index in [2.05, 4.69) is 20.2 Å². The number of nitrogens with zero attached hydrogens (tertiary/aromatic N) is 3. The Hall–Kier alpha value is -2.22. The summed E-state index contributed by atoms with van der Waals surface area (Å²) >= 11 is 0. The predicted octanol–water partition coefficient (Wildman–Crippen LogP) is 2.01. The van der Waals surface area contributed by atoms with Gasteiger partial charge < -0.3 is 24.8 Å². The summed E-state index contributed by atoms with van der Waals surface area (Å²) in [6, 6.07) is 8.02. The summed E-state index contributed by atoms with van der Waals surface area (Å²) in [5.41, 5.74) is 0.389. The first-order valence-corrected chi connectivity index (χ1v) is 9.92. The molecule has 2 N–H and O–H groups in total. The molecule has 0 radical (unpaired) electrons. The molecule has 7 heteroatoms. The number of rotatable bonds is 10. The molecule has 3 rings (SSSR count). The van der Waals surface area contributed by atoms with E-state index in [9.17, 15) is 5.11 Å². The van der Waals surface area contributed by atoms with E-state index in [0.29, 0.717) is 39.5 Å². The molecule has 0 saturated carbocycles. The molecule has 2 aromatic rings. The fourth-order valence-corrected chi connectivity index (χ4v) is 3.41. The van der Waals surface area contributed by atoms with Crippen molar-refractivity contribution in [1.82, 2.24) is 15.3 Å². The van der Waals surface area contributed by atoms with Crippen LogP contribution in [0.5, 0.6) is 5.75 Å². The lowest BCUT2D eigenvalue weighted by Gasteiger charge is -2.39. The largest absolute Gasteiger partial charge is 0.491 e. The Morgan fingerprint density at radius 1 is 1.21 bits per heavy atom. The fraction of sp³-hybridized carbons (Fsp3) is 0.524. The van der Waals surface area contributed by atoms with E-state index in [1.807, 2.05) is 31.2 Å². The molecule has 0 unspecified atom stereocenters. The molecular weight excluding hydrogens is 356 g/mol. The topological polar surface area (TPSA) is 79.7 Å². The average Bonchev–Trinajstić information content (AvgIpc) is 2.73. The molecule has 1 atom stereocenters. The summed E-state index contributed by atoms with van der Waals surface area (Å²) in [6.45, 7) is 6.53. The standard InChI is InChI=1S/C21H30N4O3/c1-2-27-12-13-28-19-6-4-18(5-7-19)14-23-16-21(26)8-3-11-25(17-21)20-15-22-9-10-24-20/h4-7,9-10,15,23,26H,2-3,8,11-14,16-17H2,1H3/t21-/m0/s1. The zero-order chi connectivity index (χ0) is 19.7. The van der Waals surface area contributed by atoms with Gasteiger partial charge in [-0.1, -0.05) is 12.1 Å². The maximum atomic E-state index is 11.0. The van der Waals surface area contributed by atoms with Gasteiger partial charge in [-0.3, -0.25) is 4.98 Å². The van der Waals surface area contributed by atoms with Crippen LogP contribution in [0.1, 0.15) is 25.3 Å². The molecule has 1 fully saturated rings.